The molecule has 1 atom stereocenters. The van der Waals surface area contributed by atoms with Gasteiger partial charge in [-0.05, 0) is 115 Å². The molecule has 7 rings (SSSR count). The summed E-state index contributed by atoms with van der Waals surface area (Å²) in [6, 6.07) is 17.9. The number of nitrogens with zero attached hydrogens (tertiary/aromatic N) is 4. The van der Waals surface area contributed by atoms with Crippen molar-refractivity contribution >= 4 is 51.8 Å². The van der Waals surface area contributed by atoms with E-state index in [4.69, 9.17) is 4.74 Å². The molecule has 14 heteroatoms. The van der Waals surface area contributed by atoms with Gasteiger partial charge in [0.05, 0.1) is 27.1 Å². The van der Waals surface area contributed by atoms with E-state index >= 15 is 0 Å². The zero-order chi connectivity index (χ0) is 35.4. The van der Waals surface area contributed by atoms with E-state index in [2.05, 4.69) is 25.8 Å². The molecule has 12 nitrogen and oxygen atoms in total. The number of benzene rings is 2. The number of piperidine rings is 1. The quantitative estimate of drug-likeness (QED) is 0.0577. The zero-order valence-corrected chi connectivity index (χ0v) is 29.7. The molecule has 2 aromatic carbocycles. The highest BCUT2D eigenvalue weighted by molar-refractivity contribution is 7.12. The van der Waals surface area contributed by atoms with Crippen LogP contribution in [0.5, 0.6) is 5.75 Å². The van der Waals surface area contributed by atoms with E-state index in [9.17, 15) is 24.9 Å². The SMILES string of the molecule is O=CNc1cc(C(O)CNCc2ccc3c(c2)nnn3CCCN2CCC3(CC2)CC(OC(=O)C(O)(c2cccs2)c2cccs2)C3)ccc1O. The maximum Gasteiger partial charge on any atom is 0.349 e. The molecule has 5 N–H and O–H groups in total. The van der Waals surface area contributed by atoms with Crippen LogP contribution in [-0.2, 0) is 33.0 Å². The van der Waals surface area contributed by atoms with Crippen molar-refractivity contribution in [2.24, 2.45) is 5.41 Å². The number of carbonyl (C=O) groups is 2. The molecule has 1 unspecified atom stereocenters. The number of thiophene rings is 2. The molecule has 4 heterocycles. The number of aliphatic hydroxyl groups excluding tert-OH is 1. The average Bonchev–Trinajstić information content (AvgIpc) is 3.93. The summed E-state index contributed by atoms with van der Waals surface area (Å²) in [6.07, 6.45) is 4.31. The molecule has 51 heavy (non-hydrogen) atoms. The molecule has 3 aromatic heterocycles. The fraction of sp³-hybridized carbons (Fsp3) is 0.405. The fourth-order valence-corrected chi connectivity index (χ4v) is 9.04. The van der Waals surface area contributed by atoms with Crippen LogP contribution >= 0.6 is 22.7 Å². The van der Waals surface area contributed by atoms with Crippen molar-refractivity contribution in [2.45, 2.75) is 63.0 Å². The number of nitrogens with one attached hydrogen (secondary N) is 2. The lowest BCUT2D eigenvalue weighted by molar-refractivity contribution is -0.181. The van der Waals surface area contributed by atoms with Gasteiger partial charge in [0.25, 0.3) is 0 Å². The van der Waals surface area contributed by atoms with Gasteiger partial charge < -0.3 is 35.6 Å². The first-order chi connectivity index (χ1) is 24.8. The maximum absolute atomic E-state index is 13.3. The van der Waals surface area contributed by atoms with Gasteiger partial charge in [-0.3, -0.25) is 4.79 Å². The van der Waals surface area contributed by atoms with Crippen LogP contribution in [-0.4, -0.2) is 79.9 Å². The van der Waals surface area contributed by atoms with Gasteiger partial charge in [0, 0.05) is 19.6 Å². The largest absolute Gasteiger partial charge is 0.506 e. The number of rotatable bonds is 15. The van der Waals surface area contributed by atoms with Crippen molar-refractivity contribution in [3.05, 3.63) is 92.3 Å². The van der Waals surface area contributed by atoms with Gasteiger partial charge in [0.1, 0.15) is 17.4 Å². The first-order valence-electron chi connectivity index (χ1n) is 17.2. The smallest absolute Gasteiger partial charge is 0.349 e. The number of hydrogen-bond donors (Lipinski definition) is 5. The van der Waals surface area contributed by atoms with Crippen molar-refractivity contribution in [1.82, 2.24) is 25.2 Å². The Balaban J connectivity index is 0.831. The lowest BCUT2D eigenvalue weighted by atomic mass is 9.61. The first kappa shape index (κ1) is 35.2. The summed E-state index contributed by atoms with van der Waals surface area (Å²) in [4.78, 5) is 27.8. The number of aromatic hydroxyl groups is 1. The predicted octanol–water partition coefficient (Wildman–Crippen LogP) is 4.77. The van der Waals surface area contributed by atoms with E-state index in [1.54, 1.807) is 24.3 Å². The van der Waals surface area contributed by atoms with E-state index in [1.165, 1.54) is 28.7 Å². The number of aryl methyl sites for hydroxylation is 1. The number of aromatic nitrogens is 3. The minimum Gasteiger partial charge on any atom is -0.506 e. The number of aliphatic hydroxyl groups is 2. The number of anilines is 1. The third-order valence-corrected chi connectivity index (χ3v) is 12.2. The fourth-order valence-electron chi connectivity index (χ4n) is 7.32. The van der Waals surface area contributed by atoms with Crippen molar-refractivity contribution < 1.29 is 29.6 Å². The Morgan fingerprint density at radius 3 is 2.49 bits per heavy atom. The van der Waals surface area contributed by atoms with Crippen molar-refractivity contribution in [3.63, 3.8) is 0 Å². The number of hydrogen-bond acceptors (Lipinski definition) is 12. The van der Waals surface area contributed by atoms with E-state index in [0.29, 0.717) is 28.3 Å². The van der Waals surface area contributed by atoms with Gasteiger partial charge in [-0.25, -0.2) is 9.48 Å². The van der Waals surface area contributed by atoms with Gasteiger partial charge in [-0.15, -0.1) is 27.8 Å². The molecule has 0 radical (unpaired) electrons. The molecular formula is C37H42N6O6S2. The Morgan fingerprint density at radius 1 is 1.06 bits per heavy atom. The number of carbonyl (C=O) groups excluding carboxylic acids is 2. The predicted molar refractivity (Wildman–Crippen MR) is 195 cm³/mol. The zero-order valence-electron chi connectivity index (χ0n) is 28.1. The molecule has 1 amide bonds. The Kier molecular flexibility index (Phi) is 10.5. The molecule has 1 aliphatic carbocycles. The number of phenols is 1. The highest BCUT2D eigenvalue weighted by Gasteiger charge is 2.51. The Labute approximate surface area is 303 Å². The molecule has 1 saturated heterocycles. The van der Waals surface area contributed by atoms with E-state index in [1.807, 2.05) is 45.8 Å². The molecule has 1 spiro atoms. The third-order valence-electron chi connectivity index (χ3n) is 10.3. The van der Waals surface area contributed by atoms with Crippen LogP contribution in [0.1, 0.15) is 59.1 Å². The molecule has 268 valence electrons. The van der Waals surface area contributed by atoms with Crippen molar-refractivity contribution in [3.8, 4) is 5.75 Å². The van der Waals surface area contributed by atoms with Crippen LogP contribution < -0.4 is 10.6 Å². The monoisotopic (exact) mass is 730 g/mol. The molecular weight excluding hydrogens is 689 g/mol. The second-order valence-corrected chi connectivity index (χ2v) is 15.5. The van der Waals surface area contributed by atoms with E-state index < -0.39 is 17.7 Å². The minimum absolute atomic E-state index is 0.0615. The molecule has 1 aliphatic heterocycles. The summed E-state index contributed by atoms with van der Waals surface area (Å²) in [6.45, 7) is 4.60. The van der Waals surface area contributed by atoms with Crippen LogP contribution in [0.15, 0.2) is 71.4 Å². The van der Waals surface area contributed by atoms with Gasteiger partial charge in [0.15, 0.2) is 0 Å². The van der Waals surface area contributed by atoms with Crippen LogP contribution in [0.2, 0.25) is 0 Å². The van der Waals surface area contributed by atoms with Gasteiger partial charge in [-0.1, -0.05) is 29.5 Å². The number of ether oxygens (including phenoxy) is 1. The highest BCUT2D eigenvalue weighted by atomic mass is 32.1. The third kappa shape index (κ3) is 7.57. The summed E-state index contributed by atoms with van der Waals surface area (Å²) in [5, 5.41) is 50.2. The summed E-state index contributed by atoms with van der Waals surface area (Å²) in [5.74, 6) is -0.640. The lowest BCUT2D eigenvalue weighted by Gasteiger charge is -2.51. The first-order valence-corrected chi connectivity index (χ1v) is 19.0. The van der Waals surface area contributed by atoms with Crippen molar-refractivity contribution in [2.75, 3.05) is 31.5 Å². The number of phenolic OH excluding ortho intramolecular Hbond substituents is 1. The van der Waals surface area contributed by atoms with Crippen molar-refractivity contribution in [1.29, 1.82) is 0 Å². The maximum atomic E-state index is 13.3. The summed E-state index contributed by atoms with van der Waals surface area (Å²) in [5.41, 5.74) is 2.11. The summed E-state index contributed by atoms with van der Waals surface area (Å²) in [7, 11) is 0. The number of esters is 1. The topological polar surface area (TPSA) is 162 Å². The number of likely N-dealkylation sites (tertiary alicyclic amines) is 1. The highest BCUT2D eigenvalue weighted by Crippen LogP contribution is 2.51. The number of fused-ring (bicyclic) bond motifs is 1. The Morgan fingerprint density at radius 2 is 1.80 bits per heavy atom. The van der Waals surface area contributed by atoms with Crippen LogP contribution in [0.25, 0.3) is 11.0 Å². The molecule has 0 bridgehead atoms. The molecule has 1 saturated carbocycles. The summed E-state index contributed by atoms with van der Waals surface area (Å²) < 4.78 is 7.88. The Bertz CT molecular complexity index is 1900. The number of amides is 1. The van der Waals surface area contributed by atoms with Gasteiger partial charge in [-0.2, -0.15) is 0 Å². The standard InChI is InChI=1S/C37H42N6O6S2/c44-24-39-29-19-26(7-9-31(29)45)32(46)23-38-22-25-6-8-30-28(18-25)40-41-43(30)13-3-12-42-14-10-36(11-15-42)20-27(21-36)49-35(47)37(48,33-4-1-16-50-33)34-5-2-17-51-34/h1-2,4-9,16-19,24,27,32,38,45-46,48H,3,10-15,20-23H2,(H,39,44). The van der Waals surface area contributed by atoms with Gasteiger partial charge >= 0.3 is 5.97 Å². The van der Waals surface area contributed by atoms with E-state index in [-0.39, 0.29) is 29.5 Å². The van der Waals surface area contributed by atoms with Gasteiger partial charge in [0.2, 0.25) is 12.0 Å². The average molecular weight is 731 g/mol. The summed E-state index contributed by atoms with van der Waals surface area (Å²) >= 11 is 2.72. The van der Waals surface area contributed by atoms with Crippen LogP contribution in [0.3, 0.4) is 0 Å². The minimum atomic E-state index is -1.76. The normalized spacial score (nSPS) is 17.0. The van der Waals surface area contributed by atoms with Crippen LogP contribution in [0.4, 0.5) is 5.69 Å². The molecule has 5 aromatic rings. The molecule has 2 fully saturated rings. The second-order valence-electron chi connectivity index (χ2n) is 13.6. The lowest BCUT2D eigenvalue weighted by Crippen LogP contribution is -2.52. The Hall–Kier alpha value is -4.18. The molecule has 2 aliphatic rings. The second kappa shape index (κ2) is 15.2. The van der Waals surface area contributed by atoms with Crippen LogP contribution in [0, 0.1) is 5.41 Å². The van der Waals surface area contributed by atoms with E-state index in [0.717, 1.165) is 74.9 Å².